The molecule has 0 radical (unpaired) electrons. The summed E-state index contributed by atoms with van der Waals surface area (Å²) in [7, 11) is 0. The zero-order valence-electron chi connectivity index (χ0n) is 18.1. The summed E-state index contributed by atoms with van der Waals surface area (Å²) < 4.78 is 19.4. The number of hydrogen-bond donors (Lipinski definition) is 0. The fraction of sp³-hybridized carbons (Fsp3) is 0.500. The topological polar surface area (TPSA) is 49.9 Å². The first kappa shape index (κ1) is 21.8. The number of carbonyl (C=O) groups is 2. The maximum atomic E-state index is 13.5. The number of hydrogen-bond acceptors (Lipinski definition) is 4. The Morgan fingerprint density at radius 2 is 2.13 bits per heavy atom. The van der Waals surface area contributed by atoms with E-state index >= 15 is 0 Å². The van der Waals surface area contributed by atoms with Gasteiger partial charge in [0.05, 0.1) is 6.04 Å². The van der Waals surface area contributed by atoms with Gasteiger partial charge in [0.1, 0.15) is 24.7 Å². The van der Waals surface area contributed by atoms with Crippen LogP contribution in [-0.2, 0) is 16.0 Å². The number of ether oxygens (including phenoxy) is 1. The van der Waals surface area contributed by atoms with Gasteiger partial charge in [-0.3, -0.25) is 9.59 Å². The van der Waals surface area contributed by atoms with Crippen LogP contribution in [0.15, 0.2) is 35.7 Å². The van der Waals surface area contributed by atoms with Crippen LogP contribution in [0.3, 0.4) is 0 Å². The van der Waals surface area contributed by atoms with E-state index in [-0.39, 0.29) is 48.8 Å². The van der Waals surface area contributed by atoms with Crippen molar-refractivity contribution in [2.75, 3.05) is 19.7 Å². The van der Waals surface area contributed by atoms with Crippen LogP contribution in [0.25, 0.3) is 0 Å². The van der Waals surface area contributed by atoms with Crippen molar-refractivity contribution < 1.29 is 18.7 Å². The van der Waals surface area contributed by atoms with E-state index in [9.17, 15) is 14.0 Å². The maximum Gasteiger partial charge on any atom is 0.242 e. The second kappa shape index (κ2) is 9.39. The molecule has 31 heavy (non-hydrogen) atoms. The van der Waals surface area contributed by atoms with Crippen molar-refractivity contribution in [2.24, 2.45) is 5.92 Å². The van der Waals surface area contributed by atoms with Crippen LogP contribution in [-0.4, -0.2) is 47.4 Å². The van der Waals surface area contributed by atoms with Gasteiger partial charge in [-0.1, -0.05) is 13.0 Å². The van der Waals surface area contributed by atoms with Crippen LogP contribution in [0.1, 0.15) is 49.6 Å². The molecule has 1 aliphatic heterocycles. The molecule has 1 aromatic carbocycles. The van der Waals surface area contributed by atoms with Crippen molar-refractivity contribution in [1.82, 2.24) is 9.80 Å². The molecular formula is C24H29FN2O3S. The quantitative estimate of drug-likeness (QED) is 0.605. The molecule has 2 aromatic rings. The zero-order valence-corrected chi connectivity index (χ0v) is 18.9. The fourth-order valence-corrected chi connectivity index (χ4v) is 5.01. The maximum absolute atomic E-state index is 13.5. The molecule has 1 fully saturated rings. The molecule has 2 heterocycles. The van der Waals surface area contributed by atoms with Crippen molar-refractivity contribution in [3.63, 3.8) is 0 Å². The molecule has 1 saturated carbocycles. The van der Waals surface area contributed by atoms with Gasteiger partial charge in [0, 0.05) is 29.4 Å². The van der Waals surface area contributed by atoms with E-state index in [4.69, 9.17) is 4.74 Å². The van der Waals surface area contributed by atoms with E-state index in [0.29, 0.717) is 12.3 Å². The SMILES string of the molecule is CC[C@@H](C)N(CC(=O)N1CCc2sccc2[C@H]1COc1cccc(F)c1)C(=O)C1CC1. The van der Waals surface area contributed by atoms with E-state index in [2.05, 4.69) is 0 Å². The van der Waals surface area contributed by atoms with Crippen LogP contribution < -0.4 is 4.74 Å². The molecule has 7 heteroatoms. The number of benzene rings is 1. The van der Waals surface area contributed by atoms with Crippen LogP contribution in [0.5, 0.6) is 5.75 Å². The number of thiophene rings is 1. The summed E-state index contributed by atoms with van der Waals surface area (Å²) in [6.45, 7) is 4.98. The summed E-state index contributed by atoms with van der Waals surface area (Å²) in [6.07, 6.45) is 3.46. The van der Waals surface area contributed by atoms with Crippen LogP contribution in [0.2, 0.25) is 0 Å². The Morgan fingerprint density at radius 1 is 1.32 bits per heavy atom. The Hall–Kier alpha value is -2.41. The highest BCUT2D eigenvalue weighted by molar-refractivity contribution is 7.10. The summed E-state index contributed by atoms with van der Waals surface area (Å²) in [6, 6.07) is 7.87. The number of rotatable bonds is 8. The third-order valence-corrected chi connectivity index (χ3v) is 7.25. The van der Waals surface area contributed by atoms with Gasteiger partial charge < -0.3 is 14.5 Å². The highest BCUT2D eigenvalue weighted by atomic mass is 32.1. The molecule has 0 bridgehead atoms. The average molecular weight is 445 g/mol. The standard InChI is InChI=1S/C24H29FN2O3S/c1-3-16(2)27(24(29)17-7-8-17)14-23(28)26-11-9-22-20(10-12-31-22)21(26)15-30-19-6-4-5-18(25)13-19/h4-6,10,12-13,16-17,21H,3,7-9,11,14-15H2,1-2H3/t16-,21-/m1/s1. The summed E-state index contributed by atoms with van der Waals surface area (Å²) in [5, 5.41) is 2.04. The van der Waals surface area contributed by atoms with Crippen molar-refractivity contribution in [2.45, 2.75) is 51.6 Å². The lowest BCUT2D eigenvalue weighted by atomic mass is 10.00. The molecule has 2 amide bonds. The molecule has 0 N–H and O–H groups in total. The minimum absolute atomic E-state index is 0.0283. The Labute approximate surface area is 186 Å². The van der Waals surface area contributed by atoms with Crippen LogP contribution >= 0.6 is 11.3 Å². The Balaban J connectivity index is 1.51. The van der Waals surface area contributed by atoms with Gasteiger partial charge in [-0.2, -0.15) is 0 Å². The Morgan fingerprint density at radius 3 is 2.84 bits per heavy atom. The number of carbonyl (C=O) groups excluding carboxylic acids is 2. The molecule has 0 saturated heterocycles. The number of halogens is 1. The third-order valence-electron chi connectivity index (χ3n) is 6.26. The van der Waals surface area contributed by atoms with E-state index < -0.39 is 0 Å². The molecule has 1 aliphatic carbocycles. The molecule has 1 aromatic heterocycles. The van der Waals surface area contributed by atoms with Crippen LogP contribution in [0.4, 0.5) is 4.39 Å². The monoisotopic (exact) mass is 444 g/mol. The van der Waals surface area contributed by atoms with E-state index in [1.807, 2.05) is 30.2 Å². The molecule has 0 unspecified atom stereocenters. The van der Waals surface area contributed by atoms with Crippen molar-refractivity contribution >= 4 is 23.2 Å². The fourth-order valence-electron chi connectivity index (χ4n) is 4.08. The lowest BCUT2D eigenvalue weighted by molar-refractivity contribution is -0.145. The lowest BCUT2D eigenvalue weighted by Gasteiger charge is -2.38. The minimum atomic E-state index is -0.354. The van der Waals surface area contributed by atoms with Gasteiger partial charge in [0.2, 0.25) is 11.8 Å². The molecule has 2 aliphatic rings. The number of amides is 2. The molecule has 0 spiro atoms. The first-order valence-corrected chi connectivity index (χ1v) is 11.9. The predicted octanol–water partition coefficient (Wildman–Crippen LogP) is 4.43. The largest absolute Gasteiger partial charge is 0.491 e. The van der Waals surface area contributed by atoms with Gasteiger partial charge in [-0.15, -0.1) is 11.3 Å². The third kappa shape index (κ3) is 4.92. The summed E-state index contributed by atoms with van der Waals surface area (Å²) >= 11 is 1.69. The zero-order chi connectivity index (χ0) is 22.0. The molecular weight excluding hydrogens is 415 g/mol. The number of nitrogens with zero attached hydrogens (tertiary/aromatic N) is 2. The van der Waals surface area contributed by atoms with Gasteiger partial charge in [0.15, 0.2) is 0 Å². The minimum Gasteiger partial charge on any atom is -0.491 e. The van der Waals surface area contributed by atoms with E-state index in [1.165, 1.54) is 17.0 Å². The first-order valence-electron chi connectivity index (χ1n) is 11.0. The summed E-state index contributed by atoms with van der Waals surface area (Å²) in [5.41, 5.74) is 1.09. The van der Waals surface area contributed by atoms with Crippen molar-refractivity contribution in [3.8, 4) is 5.75 Å². The molecule has 2 atom stereocenters. The van der Waals surface area contributed by atoms with Crippen molar-refractivity contribution in [3.05, 3.63) is 52.0 Å². The molecule has 4 rings (SSSR count). The van der Waals surface area contributed by atoms with E-state index in [0.717, 1.165) is 31.2 Å². The molecule has 166 valence electrons. The van der Waals surface area contributed by atoms with Gasteiger partial charge in [-0.05, 0) is 61.7 Å². The Kier molecular flexibility index (Phi) is 6.60. The molecule has 5 nitrogen and oxygen atoms in total. The smallest absolute Gasteiger partial charge is 0.242 e. The highest BCUT2D eigenvalue weighted by Crippen LogP contribution is 2.35. The first-order chi connectivity index (χ1) is 15.0. The Bertz CT molecular complexity index is 942. The second-order valence-electron chi connectivity index (χ2n) is 8.42. The summed E-state index contributed by atoms with van der Waals surface area (Å²) in [4.78, 5) is 31.1. The second-order valence-corrected chi connectivity index (χ2v) is 9.42. The van der Waals surface area contributed by atoms with Gasteiger partial charge >= 0.3 is 0 Å². The average Bonchev–Trinajstić information content (AvgIpc) is 3.51. The lowest BCUT2D eigenvalue weighted by Crippen LogP contribution is -2.50. The van der Waals surface area contributed by atoms with Gasteiger partial charge in [0.25, 0.3) is 0 Å². The predicted molar refractivity (Wildman–Crippen MR) is 119 cm³/mol. The highest BCUT2D eigenvalue weighted by Gasteiger charge is 2.38. The number of fused-ring (bicyclic) bond motifs is 1. The van der Waals surface area contributed by atoms with Crippen LogP contribution in [0, 0.1) is 11.7 Å². The summed E-state index contributed by atoms with van der Waals surface area (Å²) in [5.74, 6) is 0.217. The van der Waals surface area contributed by atoms with E-state index in [1.54, 1.807) is 28.4 Å². The van der Waals surface area contributed by atoms with Gasteiger partial charge in [-0.25, -0.2) is 4.39 Å². The van der Waals surface area contributed by atoms with Crippen molar-refractivity contribution in [1.29, 1.82) is 0 Å². The normalized spacial score (nSPS) is 18.9.